The molecule has 1 aliphatic heterocycles. The molecule has 3 rings (SSSR count). The van der Waals surface area contributed by atoms with Crippen molar-refractivity contribution in [1.29, 1.82) is 0 Å². The molecule has 2 heterocycles. The molecule has 0 radical (unpaired) electrons. The summed E-state index contributed by atoms with van der Waals surface area (Å²) in [6.45, 7) is 0.0578. The SMILES string of the molecule is COC(=O)CNC(=O)C1Cc2ccccc2CN1C(=O)c1ccco1. The van der Waals surface area contributed by atoms with Crippen molar-refractivity contribution in [1.82, 2.24) is 10.2 Å². The molecule has 0 aliphatic carbocycles. The summed E-state index contributed by atoms with van der Waals surface area (Å²) in [4.78, 5) is 38.0. The van der Waals surface area contributed by atoms with Gasteiger partial charge >= 0.3 is 5.97 Å². The Balaban J connectivity index is 1.85. The molecule has 0 fully saturated rings. The minimum absolute atomic E-state index is 0.171. The highest BCUT2D eigenvalue weighted by molar-refractivity contribution is 5.96. The normalized spacial score (nSPS) is 16.0. The van der Waals surface area contributed by atoms with Crippen LogP contribution in [0.1, 0.15) is 21.7 Å². The highest BCUT2D eigenvalue weighted by Gasteiger charge is 2.36. The molecule has 2 amide bonds. The van der Waals surface area contributed by atoms with Crippen molar-refractivity contribution in [2.45, 2.75) is 19.0 Å². The summed E-state index contributed by atoms with van der Waals surface area (Å²) in [6, 6.07) is 10.1. The number of methoxy groups -OCH3 is 1. The summed E-state index contributed by atoms with van der Waals surface area (Å²) in [6.07, 6.45) is 1.78. The van der Waals surface area contributed by atoms with Crippen molar-refractivity contribution in [2.24, 2.45) is 0 Å². The Labute approximate surface area is 144 Å². The number of amides is 2. The lowest BCUT2D eigenvalue weighted by molar-refractivity contribution is -0.141. The molecule has 1 atom stereocenters. The van der Waals surface area contributed by atoms with Crippen LogP contribution in [-0.2, 0) is 27.3 Å². The van der Waals surface area contributed by atoms with Crippen molar-refractivity contribution in [3.05, 3.63) is 59.5 Å². The second-order valence-electron chi connectivity index (χ2n) is 5.69. The summed E-state index contributed by atoms with van der Waals surface area (Å²) in [5, 5.41) is 2.53. The Bertz CT molecular complexity index is 785. The third-order valence-corrected chi connectivity index (χ3v) is 4.18. The lowest BCUT2D eigenvalue weighted by Crippen LogP contribution is -2.53. The summed E-state index contributed by atoms with van der Waals surface area (Å²) < 4.78 is 9.71. The molecule has 7 nitrogen and oxygen atoms in total. The number of benzene rings is 1. The van der Waals surface area contributed by atoms with Gasteiger partial charge in [-0.25, -0.2) is 0 Å². The van der Waals surface area contributed by atoms with Crippen LogP contribution in [0.25, 0.3) is 0 Å². The molecular weight excluding hydrogens is 324 g/mol. The number of fused-ring (bicyclic) bond motifs is 1. The largest absolute Gasteiger partial charge is 0.468 e. The van der Waals surface area contributed by atoms with Crippen LogP contribution in [0.15, 0.2) is 47.1 Å². The van der Waals surface area contributed by atoms with Crippen molar-refractivity contribution < 1.29 is 23.5 Å². The van der Waals surface area contributed by atoms with Gasteiger partial charge in [-0.2, -0.15) is 0 Å². The van der Waals surface area contributed by atoms with Crippen LogP contribution in [0.4, 0.5) is 0 Å². The van der Waals surface area contributed by atoms with Crippen LogP contribution >= 0.6 is 0 Å². The standard InChI is InChI=1S/C18H18N2O5/c1-24-16(21)10-19-17(22)14-9-12-5-2-3-6-13(12)11-20(14)18(23)15-7-4-8-25-15/h2-8,14H,9-11H2,1H3,(H,19,22). The maximum absolute atomic E-state index is 12.7. The average Bonchev–Trinajstić information content (AvgIpc) is 3.18. The number of esters is 1. The first-order valence-corrected chi connectivity index (χ1v) is 7.86. The topological polar surface area (TPSA) is 88.9 Å². The molecule has 0 bridgehead atoms. The maximum atomic E-state index is 12.7. The first-order chi connectivity index (χ1) is 12.1. The van der Waals surface area contributed by atoms with E-state index in [4.69, 9.17) is 4.42 Å². The van der Waals surface area contributed by atoms with Gasteiger partial charge in [0.1, 0.15) is 12.6 Å². The molecule has 1 unspecified atom stereocenters. The molecule has 1 aliphatic rings. The monoisotopic (exact) mass is 342 g/mol. The van der Waals surface area contributed by atoms with E-state index in [1.807, 2.05) is 24.3 Å². The Morgan fingerprint density at radius 3 is 2.64 bits per heavy atom. The van der Waals surface area contributed by atoms with Gasteiger partial charge in [0.2, 0.25) is 5.91 Å². The van der Waals surface area contributed by atoms with E-state index in [1.165, 1.54) is 18.3 Å². The zero-order chi connectivity index (χ0) is 17.8. The highest BCUT2D eigenvalue weighted by atomic mass is 16.5. The van der Waals surface area contributed by atoms with E-state index < -0.39 is 17.9 Å². The quantitative estimate of drug-likeness (QED) is 0.842. The Hall–Kier alpha value is -3.09. The van der Waals surface area contributed by atoms with Gasteiger partial charge in [-0.15, -0.1) is 0 Å². The fraction of sp³-hybridized carbons (Fsp3) is 0.278. The number of nitrogens with one attached hydrogen (secondary N) is 1. The third kappa shape index (κ3) is 3.55. The number of hydrogen-bond donors (Lipinski definition) is 1. The number of carbonyl (C=O) groups excluding carboxylic acids is 3. The van der Waals surface area contributed by atoms with Gasteiger partial charge in [0.15, 0.2) is 5.76 Å². The number of hydrogen-bond acceptors (Lipinski definition) is 5. The number of ether oxygens (including phenoxy) is 1. The molecule has 1 N–H and O–H groups in total. The van der Waals surface area contributed by atoms with Crippen LogP contribution in [0.2, 0.25) is 0 Å². The van der Waals surface area contributed by atoms with Gasteiger partial charge < -0.3 is 19.4 Å². The first kappa shape index (κ1) is 16.8. The molecule has 7 heteroatoms. The summed E-state index contributed by atoms with van der Waals surface area (Å²) in [5.74, 6) is -1.14. The van der Waals surface area contributed by atoms with Gasteiger partial charge in [0, 0.05) is 13.0 Å². The zero-order valence-corrected chi connectivity index (χ0v) is 13.7. The molecule has 0 saturated carbocycles. The van der Waals surface area contributed by atoms with Crippen molar-refractivity contribution in [2.75, 3.05) is 13.7 Å². The van der Waals surface area contributed by atoms with Gasteiger partial charge in [-0.05, 0) is 23.3 Å². The molecule has 2 aromatic rings. The molecular formula is C18H18N2O5. The van der Waals surface area contributed by atoms with Crippen molar-refractivity contribution >= 4 is 17.8 Å². The van der Waals surface area contributed by atoms with E-state index in [9.17, 15) is 14.4 Å². The molecule has 25 heavy (non-hydrogen) atoms. The van der Waals surface area contributed by atoms with Gasteiger partial charge in [-0.1, -0.05) is 24.3 Å². The average molecular weight is 342 g/mol. The smallest absolute Gasteiger partial charge is 0.325 e. The van der Waals surface area contributed by atoms with E-state index >= 15 is 0 Å². The lowest BCUT2D eigenvalue weighted by Gasteiger charge is -2.35. The van der Waals surface area contributed by atoms with Gasteiger partial charge in [0.05, 0.1) is 13.4 Å². The summed E-state index contributed by atoms with van der Waals surface area (Å²) in [7, 11) is 1.25. The molecule has 0 spiro atoms. The van der Waals surface area contributed by atoms with E-state index in [0.717, 1.165) is 11.1 Å². The predicted octanol–water partition coefficient (Wildman–Crippen LogP) is 1.14. The minimum Gasteiger partial charge on any atom is -0.468 e. The van der Waals surface area contributed by atoms with Crippen LogP contribution in [0, 0.1) is 0 Å². The van der Waals surface area contributed by atoms with Gasteiger partial charge in [-0.3, -0.25) is 14.4 Å². The van der Waals surface area contributed by atoms with E-state index in [2.05, 4.69) is 10.1 Å². The maximum Gasteiger partial charge on any atom is 0.325 e. The van der Waals surface area contributed by atoms with Crippen molar-refractivity contribution in [3.63, 3.8) is 0 Å². The minimum atomic E-state index is -0.725. The number of furan rings is 1. The Morgan fingerprint density at radius 2 is 1.96 bits per heavy atom. The summed E-state index contributed by atoms with van der Waals surface area (Å²) >= 11 is 0. The first-order valence-electron chi connectivity index (χ1n) is 7.86. The second-order valence-corrected chi connectivity index (χ2v) is 5.69. The molecule has 0 saturated heterocycles. The fourth-order valence-electron chi connectivity index (χ4n) is 2.86. The number of carbonyl (C=O) groups is 3. The van der Waals surface area contributed by atoms with Crippen molar-refractivity contribution in [3.8, 4) is 0 Å². The van der Waals surface area contributed by atoms with E-state index in [-0.39, 0.29) is 18.2 Å². The van der Waals surface area contributed by atoms with Gasteiger partial charge in [0.25, 0.3) is 5.91 Å². The number of nitrogens with zero attached hydrogens (tertiary/aromatic N) is 1. The second kappa shape index (κ2) is 7.21. The Morgan fingerprint density at radius 1 is 1.20 bits per heavy atom. The zero-order valence-electron chi connectivity index (χ0n) is 13.7. The highest BCUT2D eigenvalue weighted by Crippen LogP contribution is 2.25. The van der Waals surface area contributed by atoms with E-state index in [0.29, 0.717) is 13.0 Å². The summed E-state index contributed by atoms with van der Waals surface area (Å²) in [5.41, 5.74) is 1.99. The molecule has 1 aromatic carbocycles. The molecule has 130 valence electrons. The molecule has 1 aromatic heterocycles. The van der Waals surface area contributed by atoms with Crippen LogP contribution in [-0.4, -0.2) is 42.4 Å². The Kier molecular flexibility index (Phi) is 4.83. The lowest BCUT2D eigenvalue weighted by atomic mass is 9.93. The van der Waals surface area contributed by atoms with Crippen LogP contribution < -0.4 is 5.32 Å². The third-order valence-electron chi connectivity index (χ3n) is 4.18. The van der Waals surface area contributed by atoms with Crippen LogP contribution in [0.5, 0.6) is 0 Å². The fourth-order valence-corrected chi connectivity index (χ4v) is 2.86. The number of rotatable bonds is 4. The van der Waals surface area contributed by atoms with E-state index in [1.54, 1.807) is 12.1 Å². The predicted molar refractivity (Wildman–Crippen MR) is 87.5 cm³/mol. The van der Waals surface area contributed by atoms with Crippen LogP contribution in [0.3, 0.4) is 0 Å².